The first-order valence-electron chi connectivity index (χ1n) is 10.5. The van der Waals surface area contributed by atoms with Crippen LogP contribution in [0, 0.1) is 18.2 Å². The first-order valence-corrected chi connectivity index (χ1v) is 10.5. The summed E-state index contributed by atoms with van der Waals surface area (Å²) in [7, 11) is 0. The van der Waals surface area contributed by atoms with E-state index in [-0.39, 0.29) is 11.9 Å². The molecule has 1 unspecified atom stereocenters. The lowest BCUT2D eigenvalue weighted by Crippen LogP contribution is -2.45. The van der Waals surface area contributed by atoms with E-state index in [4.69, 9.17) is 4.84 Å². The van der Waals surface area contributed by atoms with Gasteiger partial charge in [0, 0.05) is 37.3 Å². The molecule has 2 aromatic rings. The molecule has 3 heterocycles. The third kappa shape index (κ3) is 4.54. The van der Waals surface area contributed by atoms with Crippen molar-refractivity contribution in [2.24, 2.45) is 10.6 Å². The van der Waals surface area contributed by atoms with Crippen molar-refractivity contribution in [2.45, 2.75) is 45.3 Å². The van der Waals surface area contributed by atoms with Crippen molar-refractivity contribution in [3.63, 3.8) is 0 Å². The van der Waals surface area contributed by atoms with E-state index in [1.807, 2.05) is 13.1 Å². The largest absolute Gasteiger partial charge is 0.481 e. The number of carboxylic acid groups (broad SMARTS) is 1. The number of likely N-dealkylation sites (tertiary alicyclic amines) is 1. The number of piperidine rings is 1. The van der Waals surface area contributed by atoms with E-state index >= 15 is 0 Å². The summed E-state index contributed by atoms with van der Waals surface area (Å²) in [5, 5.41) is 18.6. The highest BCUT2D eigenvalue weighted by atomic mass is 19.1. The van der Waals surface area contributed by atoms with Gasteiger partial charge in [-0.25, -0.2) is 9.07 Å². The van der Waals surface area contributed by atoms with Gasteiger partial charge in [-0.1, -0.05) is 23.9 Å². The molecule has 0 amide bonds. The van der Waals surface area contributed by atoms with Gasteiger partial charge in [-0.3, -0.25) is 9.69 Å². The summed E-state index contributed by atoms with van der Waals surface area (Å²) in [5.74, 6) is -1.08. The van der Waals surface area contributed by atoms with Crippen LogP contribution in [-0.2, 0) is 16.2 Å². The zero-order valence-corrected chi connectivity index (χ0v) is 17.6. The smallest absolute Gasteiger partial charge is 0.309 e. The standard InChI is InChI=1S/C23H27FN4O3/c1-3-28-15-18(16(2)25-28)14-27-10-8-23(9-11-27,22(29)30)13-20-12-21(26-31-20)17-4-6-19(24)7-5-17/h3-7,15,20H,1,8-14H2,2H3,(H,29,30). The first-order chi connectivity index (χ1) is 14.9. The normalized spacial score (nSPS) is 20.8. The van der Waals surface area contributed by atoms with Gasteiger partial charge in [-0.2, -0.15) is 5.10 Å². The van der Waals surface area contributed by atoms with Crippen LogP contribution in [0.1, 0.15) is 42.5 Å². The van der Waals surface area contributed by atoms with Crippen molar-refractivity contribution >= 4 is 17.9 Å². The Kier molecular flexibility index (Phi) is 5.91. The second-order valence-corrected chi connectivity index (χ2v) is 8.44. The molecule has 0 radical (unpaired) electrons. The molecule has 7 nitrogen and oxygen atoms in total. The van der Waals surface area contributed by atoms with Gasteiger partial charge in [0.05, 0.1) is 16.8 Å². The Morgan fingerprint density at radius 1 is 1.35 bits per heavy atom. The van der Waals surface area contributed by atoms with E-state index in [1.165, 1.54) is 12.1 Å². The highest BCUT2D eigenvalue weighted by Crippen LogP contribution is 2.39. The molecule has 2 aliphatic heterocycles. The zero-order chi connectivity index (χ0) is 22.0. The summed E-state index contributed by atoms with van der Waals surface area (Å²) in [6.07, 6.45) is 5.40. The maximum atomic E-state index is 13.2. The fourth-order valence-corrected chi connectivity index (χ4v) is 4.44. The van der Waals surface area contributed by atoms with Crippen LogP contribution >= 0.6 is 0 Å². The number of carboxylic acids is 1. The molecule has 0 aliphatic carbocycles. The lowest BCUT2D eigenvalue weighted by Gasteiger charge is -2.39. The Labute approximate surface area is 180 Å². The molecule has 4 rings (SSSR count). The Hall–Kier alpha value is -3.00. The van der Waals surface area contributed by atoms with E-state index in [2.05, 4.69) is 21.7 Å². The van der Waals surface area contributed by atoms with Crippen molar-refractivity contribution in [1.82, 2.24) is 14.7 Å². The van der Waals surface area contributed by atoms with E-state index in [1.54, 1.807) is 23.0 Å². The van der Waals surface area contributed by atoms with Crippen LogP contribution in [0.15, 0.2) is 42.2 Å². The summed E-state index contributed by atoms with van der Waals surface area (Å²) < 4.78 is 14.9. The lowest BCUT2D eigenvalue weighted by molar-refractivity contribution is -0.155. The van der Waals surface area contributed by atoms with Gasteiger partial charge in [-0.15, -0.1) is 0 Å². The molecule has 1 aromatic carbocycles. The molecule has 31 heavy (non-hydrogen) atoms. The number of carbonyl (C=O) groups is 1. The second-order valence-electron chi connectivity index (χ2n) is 8.44. The number of hydrogen-bond donors (Lipinski definition) is 1. The summed E-state index contributed by atoms with van der Waals surface area (Å²) in [5.41, 5.74) is 2.80. The van der Waals surface area contributed by atoms with Crippen LogP contribution < -0.4 is 0 Å². The molecule has 164 valence electrons. The maximum absolute atomic E-state index is 13.2. The lowest BCUT2D eigenvalue weighted by atomic mass is 9.73. The Morgan fingerprint density at radius 3 is 2.68 bits per heavy atom. The third-order valence-electron chi connectivity index (χ3n) is 6.39. The van der Waals surface area contributed by atoms with Gasteiger partial charge in [0.15, 0.2) is 0 Å². The van der Waals surface area contributed by atoms with Crippen LogP contribution in [-0.4, -0.2) is 50.7 Å². The summed E-state index contributed by atoms with van der Waals surface area (Å²) >= 11 is 0. The Bertz CT molecular complexity index is 991. The highest BCUT2D eigenvalue weighted by molar-refractivity contribution is 6.01. The molecular formula is C23H27FN4O3. The monoisotopic (exact) mass is 426 g/mol. The molecule has 0 bridgehead atoms. The number of rotatable bonds is 7. The Morgan fingerprint density at radius 2 is 2.06 bits per heavy atom. The van der Waals surface area contributed by atoms with E-state index < -0.39 is 11.4 Å². The number of aliphatic carboxylic acids is 1. The number of aryl methyl sites for hydroxylation is 1. The average molecular weight is 426 g/mol. The number of nitrogens with zero attached hydrogens (tertiary/aromatic N) is 4. The zero-order valence-electron chi connectivity index (χ0n) is 17.6. The second kappa shape index (κ2) is 8.63. The SMILES string of the molecule is C=Cn1cc(CN2CCC(CC3CC(c4ccc(F)cc4)=NO3)(C(=O)O)CC2)c(C)n1. The number of oxime groups is 1. The fraction of sp³-hybridized carbons (Fsp3) is 0.435. The van der Waals surface area contributed by atoms with Crippen LogP contribution in [0.25, 0.3) is 6.20 Å². The molecule has 1 saturated heterocycles. The van der Waals surface area contributed by atoms with Gasteiger partial charge in [0.1, 0.15) is 11.9 Å². The molecule has 1 atom stereocenters. The van der Waals surface area contributed by atoms with Crippen LogP contribution in [0.4, 0.5) is 4.39 Å². The molecule has 0 saturated carbocycles. The first kappa shape index (κ1) is 21.2. The minimum Gasteiger partial charge on any atom is -0.481 e. The molecular weight excluding hydrogens is 399 g/mol. The molecule has 2 aliphatic rings. The minimum absolute atomic E-state index is 0.282. The number of aromatic nitrogens is 2. The van der Waals surface area contributed by atoms with Gasteiger partial charge in [-0.05, 0) is 50.6 Å². The van der Waals surface area contributed by atoms with Crippen molar-refractivity contribution in [3.05, 3.63) is 59.7 Å². The van der Waals surface area contributed by atoms with Gasteiger partial charge >= 0.3 is 5.97 Å². The van der Waals surface area contributed by atoms with Gasteiger partial charge in [0.2, 0.25) is 0 Å². The van der Waals surface area contributed by atoms with Crippen LogP contribution in [0.5, 0.6) is 0 Å². The average Bonchev–Trinajstić information content (AvgIpc) is 3.36. The van der Waals surface area contributed by atoms with Crippen LogP contribution in [0.3, 0.4) is 0 Å². The topological polar surface area (TPSA) is 80.0 Å². The van der Waals surface area contributed by atoms with E-state index in [0.717, 1.165) is 29.1 Å². The molecule has 8 heteroatoms. The van der Waals surface area contributed by atoms with Crippen molar-refractivity contribution in [3.8, 4) is 0 Å². The molecule has 1 aromatic heterocycles. The minimum atomic E-state index is -0.824. The number of hydrogen-bond acceptors (Lipinski definition) is 5. The van der Waals surface area contributed by atoms with Gasteiger partial charge < -0.3 is 9.94 Å². The third-order valence-corrected chi connectivity index (χ3v) is 6.39. The van der Waals surface area contributed by atoms with Crippen molar-refractivity contribution in [2.75, 3.05) is 13.1 Å². The van der Waals surface area contributed by atoms with Crippen molar-refractivity contribution < 1.29 is 19.1 Å². The Balaban J connectivity index is 1.36. The van der Waals surface area contributed by atoms with Crippen molar-refractivity contribution in [1.29, 1.82) is 0 Å². The highest BCUT2D eigenvalue weighted by Gasteiger charge is 2.45. The predicted molar refractivity (Wildman–Crippen MR) is 115 cm³/mol. The molecule has 1 N–H and O–H groups in total. The van der Waals surface area contributed by atoms with Gasteiger partial charge in [0.25, 0.3) is 0 Å². The summed E-state index contributed by atoms with van der Waals surface area (Å²) in [4.78, 5) is 20.1. The number of halogens is 1. The molecule has 0 spiro atoms. The quantitative estimate of drug-likeness (QED) is 0.731. The van der Waals surface area contributed by atoms with E-state index in [9.17, 15) is 14.3 Å². The number of benzene rings is 1. The van der Waals surface area contributed by atoms with E-state index in [0.29, 0.717) is 38.8 Å². The molecule has 1 fully saturated rings. The summed E-state index contributed by atoms with van der Waals surface area (Å²) in [6, 6.07) is 6.12. The predicted octanol–water partition coefficient (Wildman–Crippen LogP) is 3.68. The fourth-order valence-electron chi connectivity index (χ4n) is 4.44. The van der Waals surface area contributed by atoms with Crippen LogP contribution in [0.2, 0.25) is 0 Å². The maximum Gasteiger partial charge on any atom is 0.309 e. The summed E-state index contributed by atoms with van der Waals surface area (Å²) in [6.45, 7) is 7.84.